The lowest BCUT2D eigenvalue weighted by molar-refractivity contribution is -0.122. The number of nitrogens with zero attached hydrogens (tertiary/aromatic N) is 1. The predicted octanol–water partition coefficient (Wildman–Crippen LogP) is 4.97. The van der Waals surface area contributed by atoms with Gasteiger partial charge in [0.1, 0.15) is 5.57 Å². The second-order valence-corrected chi connectivity index (χ2v) is 8.34. The molecule has 1 fully saturated rings. The molecular weight excluding hydrogens is 448 g/mol. The summed E-state index contributed by atoms with van der Waals surface area (Å²) in [7, 11) is 1.51. The van der Waals surface area contributed by atoms with E-state index in [1.165, 1.54) is 18.1 Å². The molecule has 1 unspecified atom stereocenters. The van der Waals surface area contributed by atoms with Gasteiger partial charge >= 0.3 is 0 Å². The molecule has 0 spiro atoms. The zero-order valence-electron chi connectivity index (χ0n) is 18.6. The number of amides is 2. The summed E-state index contributed by atoms with van der Waals surface area (Å²) in [4.78, 5) is 27.3. The monoisotopic (exact) mass is 472 g/mol. The number of hydrogen-bond acceptors (Lipinski definition) is 5. The van der Waals surface area contributed by atoms with Crippen molar-refractivity contribution >= 4 is 52.5 Å². The molecule has 1 saturated heterocycles. The summed E-state index contributed by atoms with van der Waals surface area (Å²) >= 11 is 11.7. The summed E-state index contributed by atoms with van der Waals surface area (Å²) in [5, 5.41) is 2.97. The molecule has 1 N–H and O–H groups in total. The quantitative estimate of drug-likeness (QED) is 0.365. The van der Waals surface area contributed by atoms with E-state index in [1.54, 1.807) is 18.2 Å². The number of methoxy groups -OCH3 is 1. The van der Waals surface area contributed by atoms with E-state index >= 15 is 0 Å². The molecule has 2 aromatic carbocycles. The van der Waals surface area contributed by atoms with Gasteiger partial charge in [-0.1, -0.05) is 30.7 Å². The van der Waals surface area contributed by atoms with Crippen LogP contribution in [0.15, 0.2) is 35.9 Å². The number of anilines is 1. The lowest BCUT2D eigenvalue weighted by Gasteiger charge is -2.30. The largest absolute Gasteiger partial charge is 0.493 e. The molecule has 1 aliphatic rings. The van der Waals surface area contributed by atoms with Crippen molar-refractivity contribution in [1.82, 2.24) is 5.32 Å². The van der Waals surface area contributed by atoms with E-state index in [9.17, 15) is 9.59 Å². The Kier molecular flexibility index (Phi) is 7.21. The SMILES string of the molecule is CCC(C)Oc1c(Cl)cc(C=C2C(=O)NC(=S)N(c3cccc(C)c3C)C2=O)cc1OC. The number of benzene rings is 2. The molecule has 0 radical (unpaired) electrons. The van der Waals surface area contributed by atoms with Gasteiger partial charge in [0.25, 0.3) is 11.8 Å². The van der Waals surface area contributed by atoms with E-state index < -0.39 is 11.8 Å². The number of thiocarbonyl (C=S) groups is 1. The van der Waals surface area contributed by atoms with Crippen LogP contribution in [0.1, 0.15) is 37.0 Å². The molecule has 168 valence electrons. The normalized spacial score (nSPS) is 16.2. The Morgan fingerprint density at radius 2 is 1.97 bits per heavy atom. The van der Waals surface area contributed by atoms with Crippen LogP contribution in [0.5, 0.6) is 11.5 Å². The fourth-order valence-corrected chi connectivity index (χ4v) is 3.78. The number of hydrogen-bond donors (Lipinski definition) is 1. The van der Waals surface area contributed by atoms with Crippen molar-refractivity contribution in [3.05, 3.63) is 57.6 Å². The number of aryl methyl sites for hydroxylation is 1. The first-order valence-corrected chi connectivity index (χ1v) is 11.0. The van der Waals surface area contributed by atoms with Gasteiger partial charge in [-0.05, 0) is 80.4 Å². The van der Waals surface area contributed by atoms with Gasteiger partial charge in [-0.2, -0.15) is 0 Å². The topological polar surface area (TPSA) is 67.9 Å². The van der Waals surface area contributed by atoms with Crippen LogP contribution in [-0.2, 0) is 9.59 Å². The van der Waals surface area contributed by atoms with Crippen LogP contribution < -0.4 is 19.7 Å². The van der Waals surface area contributed by atoms with Crippen LogP contribution in [0.3, 0.4) is 0 Å². The third kappa shape index (κ3) is 4.64. The molecule has 0 saturated carbocycles. The van der Waals surface area contributed by atoms with Gasteiger partial charge in [-0.25, -0.2) is 0 Å². The first-order valence-electron chi connectivity index (χ1n) is 10.2. The van der Waals surface area contributed by atoms with Gasteiger partial charge in [-0.3, -0.25) is 19.8 Å². The number of ether oxygens (including phenoxy) is 2. The van der Waals surface area contributed by atoms with Gasteiger partial charge in [0.15, 0.2) is 16.6 Å². The van der Waals surface area contributed by atoms with E-state index in [4.69, 9.17) is 33.3 Å². The van der Waals surface area contributed by atoms with Crippen LogP contribution >= 0.6 is 23.8 Å². The first kappa shape index (κ1) is 23.8. The summed E-state index contributed by atoms with van der Waals surface area (Å²) in [6.07, 6.45) is 2.22. The highest BCUT2D eigenvalue weighted by Crippen LogP contribution is 2.38. The smallest absolute Gasteiger partial charge is 0.270 e. The van der Waals surface area contributed by atoms with Gasteiger partial charge in [-0.15, -0.1) is 0 Å². The summed E-state index contributed by atoms with van der Waals surface area (Å²) in [6, 6.07) is 8.89. The molecule has 8 heteroatoms. The Hall–Kier alpha value is -2.90. The third-order valence-electron chi connectivity index (χ3n) is 5.38. The Balaban J connectivity index is 2.04. The molecule has 1 aliphatic heterocycles. The summed E-state index contributed by atoms with van der Waals surface area (Å²) in [5.41, 5.74) is 2.99. The average molecular weight is 473 g/mol. The van der Waals surface area contributed by atoms with Crippen molar-refractivity contribution in [2.24, 2.45) is 0 Å². The van der Waals surface area contributed by atoms with E-state index in [0.717, 1.165) is 17.5 Å². The lowest BCUT2D eigenvalue weighted by Crippen LogP contribution is -2.54. The van der Waals surface area contributed by atoms with Gasteiger partial charge in [0.05, 0.1) is 23.9 Å². The molecule has 0 bridgehead atoms. The highest BCUT2D eigenvalue weighted by molar-refractivity contribution is 7.80. The zero-order chi connectivity index (χ0) is 23.6. The van der Waals surface area contributed by atoms with Crippen molar-refractivity contribution in [1.29, 1.82) is 0 Å². The molecule has 0 aliphatic carbocycles. The molecule has 1 heterocycles. The van der Waals surface area contributed by atoms with Crippen LogP contribution in [-0.4, -0.2) is 30.1 Å². The Morgan fingerprint density at radius 1 is 1.25 bits per heavy atom. The zero-order valence-corrected chi connectivity index (χ0v) is 20.2. The fourth-order valence-electron chi connectivity index (χ4n) is 3.24. The number of rotatable bonds is 6. The van der Waals surface area contributed by atoms with Crippen LogP contribution in [0, 0.1) is 13.8 Å². The van der Waals surface area contributed by atoms with E-state index in [-0.39, 0.29) is 16.8 Å². The standard InChI is InChI=1S/C24H25ClN2O4S/c1-6-14(3)31-21-18(25)11-16(12-20(21)30-5)10-17-22(28)26-24(32)27(23(17)29)19-9-7-8-13(2)15(19)4/h7-12,14H,6H2,1-5H3,(H,26,28,32). The van der Waals surface area contributed by atoms with Crippen molar-refractivity contribution in [3.63, 3.8) is 0 Å². The number of carbonyl (C=O) groups excluding carboxylic acids is 2. The van der Waals surface area contributed by atoms with Gasteiger partial charge in [0.2, 0.25) is 0 Å². The second-order valence-electron chi connectivity index (χ2n) is 7.55. The summed E-state index contributed by atoms with van der Waals surface area (Å²) in [6.45, 7) is 7.79. The first-order chi connectivity index (χ1) is 15.2. The van der Waals surface area contributed by atoms with Crippen molar-refractivity contribution < 1.29 is 19.1 Å². The Bertz CT molecular complexity index is 1130. The molecule has 6 nitrogen and oxygen atoms in total. The van der Waals surface area contributed by atoms with Crippen molar-refractivity contribution in [2.45, 2.75) is 40.2 Å². The highest BCUT2D eigenvalue weighted by atomic mass is 35.5. The lowest BCUT2D eigenvalue weighted by atomic mass is 10.0. The third-order valence-corrected chi connectivity index (χ3v) is 5.94. The number of carbonyl (C=O) groups is 2. The van der Waals surface area contributed by atoms with E-state index in [0.29, 0.717) is 27.8 Å². The molecule has 32 heavy (non-hydrogen) atoms. The maximum absolute atomic E-state index is 13.3. The van der Waals surface area contributed by atoms with Crippen molar-refractivity contribution in [3.8, 4) is 11.5 Å². The predicted molar refractivity (Wildman–Crippen MR) is 131 cm³/mol. The summed E-state index contributed by atoms with van der Waals surface area (Å²) < 4.78 is 11.3. The Morgan fingerprint density at radius 3 is 2.62 bits per heavy atom. The van der Waals surface area contributed by atoms with Crippen LogP contribution in [0.4, 0.5) is 5.69 Å². The molecule has 2 aromatic rings. The molecule has 1 atom stereocenters. The van der Waals surface area contributed by atoms with Crippen LogP contribution in [0.2, 0.25) is 5.02 Å². The van der Waals surface area contributed by atoms with Crippen molar-refractivity contribution in [2.75, 3.05) is 12.0 Å². The second kappa shape index (κ2) is 9.71. The van der Waals surface area contributed by atoms with Gasteiger partial charge in [0, 0.05) is 0 Å². The number of nitrogens with one attached hydrogen (secondary N) is 1. The van der Waals surface area contributed by atoms with Crippen LogP contribution in [0.25, 0.3) is 6.08 Å². The summed E-state index contributed by atoms with van der Waals surface area (Å²) in [5.74, 6) is -0.252. The maximum atomic E-state index is 13.3. The molecule has 0 aromatic heterocycles. The minimum Gasteiger partial charge on any atom is -0.493 e. The highest BCUT2D eigenvalue weighted by Gasteiger charge is 2.35. The minimum absolute atomic E-state index is 0.0405. The minimum atomic E-state index is -0.573. The molecule has 3 rings (SSSR count). The molecule has 2 amide bonds. The Labute approximate surface area is 198 Å². The maximum Gasteiger partial charge on any atom is 0.270 e. The van der Waals surface area contributed by atoms with Gasteiger partial charge < -0.3 is 9.47 Å². The van der Waals surface area contributed by atoms with E-state index in [2.05, 4.69) is 5.32 Å². The molecular formula is C24H25ClN2O4S. The average Bonchev–Trinajstić information content (AvgIpc) is 2.75. The van der Waals surface area contributed by atoms with E-state index in [1.807, 2.05) is 39.8 Å². The fraction of sp³-hybridized carbons (Fsp3) is 0.292. The number of halogens is 1.